The average molecular weight is 426 g/mol. The maximum absolute atomic E-state index is 13.2. The lowest BCUT2D eigenvalue weighted by molar-refractivity contribution is -0.148. The van der Waals surface area contributed by atoms with Crippen LogP contribution < -0.4 is 10.6 Å². The molecule has 2 aliphatic rings. The highest BCUT2D eigenvalue weighted by atomic mass is 16.4. The second-order valence-corrected chi connectivity index (χ2v) is 8.45. The molecule has 2 fully saturated rings. The third-order valence-corrected chi connectivity index (χ3v) is 6.31. The zero-order valence-corrected chi connectivity index (χ0v) is 17.7. The molecule has 2 amide bonds. The number of carbonyl (C=O) groups excluding carboxylic acids is 2. The van der Waals surface area contributed by atoms with Gasteiger partial charge in [0.2, 0.25) is 5.91 Å². The fourth-order valence-electron chi connectivity index (χ4n) is 5.23. The van der Waals surface area contributed by atoms with Crippen molar-refractivity contribution in [3.8, 4) is 0 Å². The number of carboxylic acid groups (broad SMARTS) is 1. The number of hydrogen-bond acceptors (Lipinski definition) is 5. The molecule has 2 bridgehead atoms. The van der Waals surface area contributed by atoms with Crippen molar-refractivity contribution in [2.24, 2.45) is 30.7 Å². The molecule has 0 spiro atoms. The van der Waals surface area contributed by atoms with Crippen LogP contribution >= 0.6 is 0 Å². The first-order valence-corrected chi connectivity index (χ1v) is 10.3. The number of aliphatic carboxylic acids is 1. The molecule has 0 aliphatic heterocycles. The fourth-order valence-corrected chi connectivity index (χ4v) is 5.23. The van der Waals surface area contributed by atoms with Crippen molar-refractivity contribution in [1.82, 2.24) is 15.1 Å². The average Bonchev–Trinajstić information content (AvgIpc) is 3.48. The standard InChI is InChI=1S/C22H26N4O5/c1-11(2)16-13-6-7-14(16)18(22(29)30)17(13)20(27)24-15-10-26(3)25-19(15)21(28)23-9-12-5-4-8-31-12/h4-5,8,10,13-14,17-18H,6-7,9H2,1-3H3,(H,23,28)(H,24,27)(H,29,30). The molecule has 2 saturated carbocycles. The molecule has 9 heteroatoms. The quantitative estimate of drug-likeness (QED) is 0.610. The molecule has 0 aromatic carbocycles. The first kappa shape index (κ1) is 20.9. The van der Waals surface area contributed by atoms with Gasteiger partial charge in [-0.3, -0.25) is 19.1 Å². The van der Waals surface area contributed by atoms with Gasteiger partial charge in [-0.05, 0) is 50.7 Å². The van der Waals surface area contributed by atoms with Crippen LogP contribution in [0.15, 0.2) is 40.2 Å². The van der Waals surface area contributed by atoms with Gasteiger partial charge < -0.3 is 20.2 Å². The normalized spacial score (nSPS) is 24.3. The lowest BCUT2D eigenvalue weighted by Gasteiger charge is -2.26. The highest BCUT2D eigenvalue weighted by Gasteiger charge is 2.57. The molecule has 2 heterocycles. The van der Waals surface area contributed by atoms with Crippen molar-refractivity contribution in [1.29, 1.82) is 0 Å². The fraction of sp³-hybridized carbons (Fsp3) is 0.455. The molecule has 164 valence electrons. The van der Waals surface area contributed by atoms with Crippen molar-refractivity contribution in [3.63, 3.8) is 0 Å². The molecule has 9 nitrogen and oxygen atoms in total. The maximum atomic E-state index is 13.2. The SMILES string of the molecule is CC(C)=C1C2CCC1C(C(=O)Nc1cn(C)nc1C(=O)NCc1ccco1)C2C(=O)O. The van der Waals surface area contributed by atoms with Crippen LogP contribution in [-0.4, -0.2) is 32.7 Å². The maximum Gasteiger partial charge on any atom is 0.307 e. The van der Waals surface area contributed by atoms with Crippen molar-refractivity contribution in [2.75, 3.05) is 5.32 Å². The first-order chi connectivity index (χ1) is 14.8. The van der Waals surface area contributed by atoms with Crippen LogP contribution in [0.5, 0.6) is 0 Å². The highest BCUT2D eigenvalue weighted by Crippen LogP contribution is 2.57. The molecule has 3 N–H and O–H groups in total. The number of aromatic nitrogens is 2. The predicted octanol–water partition coefficient (Wildman–Crippen LogP) is 2.57. The Hall–Kier alpha value is -3.36. The molecule has 4 atom stereocenters. The highest BCUT2D eigenvalue weighted by molar-refractivity contribution is 6.03. The number of carboxylic acids is 1. The van der Waals surface area contributed by atoms with Crippen LogP contribution in [-0.2, 0) is 23.2 Å². The number of carbonyl (C=O) groups is 3. The number of furan rings is 1. The van der Waals surface area contributed by atoms with E-state index < -0.39 is 23.7 Å². The van der Waals surface area contributed by atoms with Crippen LogP contribution in [0.25, 0.3) is 0 Å². The van der Waals surface area contributed by atoms with E-state index in [4.69, 9.17) is 4.42 Å². The molecule has 2 aromatic heterocycles. The Labute approximate surface area is 179 Å². The molecule has 2 aromatic rings. The number of fused-ring (bicyclic) bond motifs is 2. The van der Waals surface area contributed by atoms with Crippen molar-refractivity contribution >= 4 is 23.5 Å². The Morgan fingerprint density at radius 2 is 1.94 bits per heavy atom. The predicted molar refractivity (Wildman–Crippen MR) is 111 cm³/mol. The molecule has 31 heavy (non-hydrogen) atoms. The van der Waals surface area contributed by atoms with Gasteiger partial charge in [0.15, 0.2) is 5.69 Å². The minimum absolute atomic E-state index is 0.0693. The second kappa shape index (κ2) is 8.05. The van der Waals surface area contributed by atoms with E-state index in [2.05, 4.69) is 15.7 Å². The Bertz CT molecular complexity index is 1050. The summed E-state index contributed by atoms with van der Waals surface area (Å²) in [5.41, 5.74) is 2.53. The zero-order valence-electron chi connectivity index (χ0n) is 17.7. The number of allylic oxidation sites excluding steroid dienone is 2. The van der Waals surface area contributed by atoms with Gasteiger partial charge >= 0.3 is 5.97 Å². The van der Waals surface area contributed by atoms with Gasteiger partial charge in [-0.15, -0.1) is 0 Å². The van der Waals surface area contributed by atoms with Crippen LogP contribution in [0.4, 0.5) is 5.69 Å². The van der Waals surface area contributed by atoms with Gasteiger partial charge in [-0.2, -0.15) is 5.10 Å². The van der Waals surface area contributed by atoms with E-state index in [9.17, 15) is 19.5 Å². The molecular weight excluding hydrogens is 400 g/mol. The summed E-state index contributed by atoms with van der Waals surface area (Å²) >= 11 is 0. The van der Waals surface area contributed by atoms with Gasteiger partial charge in [0.25, 0.3) is 5.91 Å². The van der Waals surface area contributed by atoms with Crippen molar-refractivity contribution < 1.29 is 23.9 Å². The minimum Gasteiger partial charge on any atom is -0.481 e. The van der Waals surface area contributed by atoms with Gasteiger partial charge in [0.05, 0.1) is 30.3 Å². The monoisotopic (exact) mass is 426 g/mol. The molecule has 0 saturated heterocycles. The zero-order chi connectivity index (χ0) is 22.3. The summed E-state index contributed by atoms with van der Waals surface area (Å²) in [6.07, 6.45) is 4.66. The largest absolute Gasteiger partial charge is 0.481 e. The molecule has 2 aliphatic carbocycles. The summed E-state index contributed by atoms with van der Waals surface area (Å²) in [5, 5.41) is 19.5. The number of rotatable bonds is 6. The number of aryl methyl sites for hydroxylation is 1. The molecular formula is C22H26N4O5. The number of nitrogens with one attached hydrogen (secondary N) is 2. The summed E-state index contributed by atoms with van der Waals surface area (Å²) in [6.45, 7) is 4.14. The van der Waals surface area contributed by atoms with Gasteiger partial charge in [-0.1, -0.05) is 11.1 Å². The molecule has 4 unspecified atom stereocenters. The van der Waals surface area contributed by atoms with E-state index in [0.29, 0.717) is 5.76 Å². The lowest BCUT2D eigenvalue weighted by atomic mass is 9.78. The van der Waals surface area contributed by atoms with Gasteiger partial charge in [-0.25, -0.2) is 0 Å². The Morgan fingerprint density at radius 3 is 2.55 bits per heavy atom. The lowest BCUT2D eigenvalue weighted by Crippen LogP contribution is -2.38. The summed E-state index contributed by atoms with van der Waals surface area (Å²) < 4.78 is 6.65. The van der Waals surface area contributed by atoms with E-state index in [1.54, 1.807) is 25.4 Å². The second-order valence-electron chi connectivity index (χ2n) is 8.45. The van der Waals surface area contributed by atoms with Crippen molar-refractivity contribution in [2.45, 2.75) is 33.2 Å². The smallest absolute Gasteiger partial charge is 0.307 e. The van der Waals surface area contributed by atoms with Gasteiger partial charge in [0.1, 0.15) is 5.76 Å². The summed E-state index contributed by atoms with van der Waals surface area (Å²) in [5.74, 6) is -2.80. The van der Waals surface area contributed by atoms with Crippen LogP contribution in [0, 0.1) is 23.7 Å². The third kappa shape index (κ3) is 3.75. The Balaban J connectivity index is 1.54. The van der Waals surface area contributed by atoms with E-state index in [0.717, 1.165) is 24.0 Å². The summed E-state index contributed by atoms with van der Waals surface area (Å²) in [4.78, 5) is 37.9. The Kier molecular flexibility index (Phi) is 5.43. The minimum atomic E-state index is -0.950. The van der Waals surface area contributed by atoms with Crippen molar-refractivity contribution in [3.05, 3.63) is 47.2 Å². The number of amides is 2. The van der Waals surface area contributed by atoms with E-state index in [1.165, 1.54) is 10.9 Å². The van der Waals surface area contributed by atoms with Crippen LogP contribution in [0.2, 0.25) is 0 Å². The first-order valence-electron chi connectivity index (χ1n) is 10.3. The number of hydrogen-bond donors (Lipinski definition) is 3. The molecule has 0 radical (unpaired) electrons. The van der Waals surface area contributed by atoms with Gasteiger partial charge in [0, 0.05) is 13.2 Å². The molecule has 4 rings (SSSR count). The number of anilines is 1. The van der Waals surface area contributed by atoms with Crippen LogP contribution in [0.1, 0.15) is 42.9 Å². The Morgan fingerprint density at radius 1 is 1.23 bits per heavy atom. The van der Waals surface area contributed by atoms with E-state index in [-0.39, 0.29) is 35.7 Å². The summed E-state index contributed by atoms with van der Waals surface area (Å²) in [6, 6.07) is 3.46. The van der Waals surface area contributed by atoms with E-state index in [1.807, 2.05) is 13.8 Å². The van der Waals surface area contributed by atoms with E-state index >= 15 is 0 Å². The number of nitrogens with zero attached hydrogens (tertiary/aromatic N) is 2. The van der Waals surface area contributed by atoms with Crippen LogP contribution in [0.3, 0.4) is 0 Å². The third-order valence-electron chi connectivity index (χ3n) is 6.31. The topological polar surface area (TPSA) is 126 Å². The summed E-state index contributed by atoms with van der Waals surface area (Å²) in [7, 11) is 1.65.